The van der Waals surface area contributed by atoms with Crippen molar-refractivity contribution < 1.29 is 22.6 Å². The van der Waals surface area contributed by atoms with Crippen LogP contribution < -0.4 is 9.47 Å². The summed E-state index contributed by atoms with van der Waals surface area (Å²) < 4.78 is 49.8. The summed E-state index contributed by atoms with van der Waals surface area (Å²) in [6.45, 7) is 0. The van der Waals surface area contributed by atoms with Gasteiger partial charge in [-0.25, -0.2) is 0 Å². The van der Waals surface area contributed by atoms with Gasteiger partial charge in [-0.05, 0) is 31.7 Å². The number of hydrogen-bond donors (Lipinski definition) is 0. The van der Waals surface area contributed by atoms with Crippen LogP contribution in [0.1, 0.15) is 31.2 Å². The van der Waals surface area contributed by atoms with E-state index in [1.54, 1.807) is 12.1 Å². The number of halogens is 3. The smallest absolute Gasteiger partial charge is 0.417 e. The number of alkyl halides is 3. The molecule has 1 radical (unpaired) electrons. The highest BCUT2D eigenvalue weighted by atomic mass is 19.4. The first-order valence-corrected chi connectivity index (χ1v) is 7.78. The molecule has 3 nitrogen and oxygen atoms in total. The van der Waals surface area contributed by atoms with E-state index in [0.29, 0.717) is 17.2 Å². The van der Waals surface area contributed by atoms with Gasteiger partial charge in [0.2, 0.25) is 0 Å². The van der Waals surface area contributed by atoms with Crippen molar-refractivity contribution in [3.63, 3.8) is 0 Å². The van der Waals surface area contributed by atoms with Crippen LogP contribution in [0.3, 0.4) is 0 Å². The van der Waals surface area contributed by atoms with E-state index in [2.05, 4.69) is 11.1 Å². The van der Waals surface area contributed by atoms with Gasteiger partial charge in [0.05, 0.1) is 30.7 Å². The van der Waals surface area contributed by atoms with Gasteiger partial charge < -0.3 is 9.47 Å². The molecule has 1 heterocycles. The molecule has 127 valence electrons. The number of pyridine rings is 1. The van der Waals surface area contributed by atoms with Crippen molar-refractivity contribution in [2.24, 2.45) is 0 Å². The molecule has 24 heavy (non-hydrogen) atoms. The Labute approximate surface area is 138 Å². The lowest BCUT2D eigenvalue weighted by Gasteiger charge is -2.16. The summed E-state index contributed by atoms with van der Waals surface area (Å²) in [5.74, 6) is 0.970. The molecule has 0 spiro atoms. The molecule has 0 amide bonds. The van der Waals surface area contributed by atoms with Crippen LogP contribution in [0, 0.1) is 6.07 Å². The van der Waals surface area contributed by atoms with Crippen LogP contribution in [0.4, 0.5) is 13.2 Å². The molecule has 1 aromatic carbocycles. The van der Waals surface area contributed by atoms with Crippen molar-refractivity contribution in [1.29, 1.82) is 0 Å². The first kappa shape index (κ1) is 16.6. The van der Waals surface area contributed by atoms with Gasteiger partial charge in [-0.3, -0.25) is 4.98 Å². The van der Waals surface area contributed by atoms with Gasteiger partial charge in [0.1, 0.15) is 0 Å². The molecule has 0 unspecified atom stereocenters. The third-order valence-corrected chi connectivity index (χ3v) is 4.02. The fraction of sp³-hybridized carbons (Fsp3) is 0.389. The Kier molecular flexibility index (Phi) is 4.64. The second kappa shape index (κ2) is 6.71. The third kappa shape index (κ3) is 3.63. The molecule has 0 aliphatic heterocycles. The average Bonchev–Trinajstić information content (AvgIpc) is 3.07. The van der Waals surface area contributed by atoms with Crippen LogP contribution in [-0.2, 0) is 6.18 Å². The minimum atomic E-state index is -4.44. The van der Waals surface area contributed by atoms with Gasteiger partial charge in [-0.15, -0.1) is 0 Å². The van der Waals surface area contributed by atoms with Gasteiger partial charge in [0, 0.05) is 17.7 Å². The Bertz CT molecular complexity index is 710. The Balaban J connectivity index is 1.93. The largest absolute Gasteiger partial charge is 0.491 e. The van der Waals surface area contributed by atoms with Gasteiger partial charge in [0.15, 0.2) is 11.5 Å². The number of ether oxygens (including phenoxy) is 2. The maximum Gasteiger partial charge on any atom is 0.417 e. The van der Waals surface area contributed by atoms with E-state index in [-0.39, 0.29) is 11.7 Å². The van der Waals surface area contributed by atoms with Gasteiger partial charge in [-0.2, -0.15) is 13.2 Å². The first-order chi connectivity index (χ1) is 11.5. The molecule has 0 saturated heterocycles. The molecule has 1 aromatic heterocycles. The Morgan fingerprint density at radius 1 is 1.17 bits per heavy atom. The molecule has 1 fully saturated rings. The third-order valence-electron chi connectivity index (χ3n) is 4.02. The predicted molar refractivity (Wildman–Crippen MR) is 82.9 cm³/mol. The number of methoxy groups -OCH3 is 1. The lowest BCUT2D eigenvalue weighted by Crippen LogP contribution is -2.12. The minimum Gasteiger partial charge on any atom is -0.491 e. The number of hydrogen-bond acceptors (Lipinski definition) is 3. The van der Waals surface area contributed by atoms with Gasteiger partial charge in [-0.1, -0.05) is 12.1 Å². The maximum absolute atomic E-state index is 12.9. The van der Waals surface area contributed by atoms with Crippen molar-refractivity contribution in [2.75, 3.05) is 7.11 Å². The molecule has 0 atom stereocenters. The van der Waals surface area contributed by atoms with E-state index in [0.717, 1.165) is 31.7 Å². The van der Waals surface area contributed by atoms with Gasteiger partial charge >= 0.3 is 6.18 Å². The summed E-state index contributed by atoms with van der Waals surface area (Å²) in [6.07, 6.45) is 1.31. The quantitative estimate of drug-likeness (QED) is 0.796. The fourth-order valence-electron chi connectivity index (χ4n) is 2.79. The van der Waals surface area contributed by atoms with Crippen molar-refractivity contribution in [2.45, 2.75) is 38.0 Å². The molecule has 1 aliphatic carbocycles. The van der Waals surface area contributed by atoms with E-state index in [4.69, 9.17) is 9.47 Å². The Hall–Kier alpha value is -2.24. The summed E-state index contributed by atoms with van der Waals surface area (Å²) in [4.78, 5) is 4.17. The molecule has 1 aliphatic rings. The van der Waals surface area contributed by atoms with Crippen LogP contribution in [0.2, 0.25) is 0 Å². The molecule has 0 bridgehead atoms. The van der Waals surface area contributed by atoms with Crippen LogP contribution >= 0.6 is 0 Å². The molecule has 3 rings (SSSR count). The highest BCUT2D eigenvalue weighted by molar-refractivity contribution is 5.62. The molecular formula is C18H17F3NO2. The summed E-state index contributed by atoms with van der Waals surface area (Å²) in [5.41, 5.74) is -0.186. The number of rotatable bonds is 4. The topological polar surface area (TPSA) is 31.4 Å². The minimum absolute atomic E-state index is 0.111. The second-order valence-corrected chi connectivity index (χ2v) is 5.72. The highest BCUT2D eigenvalue weighted by Crippen LogP contribution is 2.35. The maximum atomic E-state index is 12.9. The number of aromatic nitrogens is 1. The van der Waals surface area contributed by atoms with Crippen molar-refractivity contribution in [1.82, 2.24) is 4.98 Å². The van der Waals surface area contributed by atoms with Crippen LogP contribution in [0.25, 0.3) is 11.3 Å². The van der Waals surface area contributed by atoms with Crippen LogP contribution in [-0.4, -0.2) is 18.2 Å². The number of nitrogens with zero attached hydrogens (tertiary/aromatic N) is 1. The molecular weight excluding hydrogens is 319 g/mol. The summed E-state index contributed by atoms with van der Waals surface area (Å²) in [6, 6.07) is 7.87. The standard InChI is InChI=1S/C18H17F3NO2/c1-23-17-11-22-15(10-16(17)24-14-7-2-3-8-14)12-5-4-6-13(9-12)18(19,20)21/h4-6,10-11,14H,2-3,7-8H2,1H3. The zero-order valence-electron chi connectivity index (χ0n) is 13.2. The SMILES string of the molecule is COc1cnc(-c2[c]c(C(F)(F)F)ccc2)cc1OC1CCCC1. The summed E-state index contributed by atoms with van der Waals surface area (Å²) in [7, 11) is 1.51. The molecule has 2 aromatic rings. The van der Waals surface area contributed by atoms with Crippen LogP contribution in [0.5, 0.6) is 11.5 Å². The average molecular weight is 336 g/mol. The Morgan fingerprint density at radius 2 is 1.92 bits per heavy atom. The summed E-state index contributed by atoms with van der Waals surface area (Å²) >= 11 is 0. The first-order valence-electron chi connectivity index (χ1n) is 7.78. The van der Waals surface area contributed by atoms with Crippen molar-refractivity contribution in [3.05, 3.63) is 42.1 Å². The zero-order chi connectivity index (χ0) is 17.2. The van der Waals surface area contributed by atoms with E-state index in [1.807, 2.05) is 0 Å². The monoisotopic (exact) mass is 336 g/mol. The van der Waals surface area contributed by atoms with E-state index < -0.39 is 11.7 Å². The van der Waals surface area contributed by atoms with Gasteiger partial charge in [0.25, 0.3) is 0 Å². The number of benzene rings is 1. The van der Waals surface area contributed by atoms with Crippen molar-refractivity contribution in [3.8, 4) is 22.8 Å². The Morgan fingerprint density at radius 3 is 2.58 bits per heavy atom. The molecule has 6 heteroatoms. The predicted octanol–water partition coefficient (Wildman–Crippen LogP) is 4.90. The second-order valence-electron chi connectivity index (χ2n) is 5.72. The zero-order valence-corrected chi connectivity index (χ0v) is 13.2. The lowest BCUT2D eigenvalue weighted by atomic mass is 10.1. The fourth-order valence-corrected chi connectivity index (χ4v) is 2.79. The lowest BCUT2D eigenvalue weighted by molar-refractivity contribution is -0.137. The molecule has 1 saturated carbocycles. The van der Waals surface area contributed by atoms with E-state index in [1.165, 1.54) is 19.4 Å². The summed E-state index contributed by atoms with van der Waals surface area (Å²) in [5, 5.41) is 0. The van der Waals surface area contributed by atoms with Crippen LogP contribution in [0.15, 0.2) is 30.5 Å². The highest BCUT2D eigenvalue weighted by Gasteiger charge is 2.31. The molecule has 0 N–H and O–H groups in total. The van der Waals surface area contributed by atoms with Crippen molar-refractivity contribution >= 4 is 0 Å². The van der Waals surface area contributed by atoms with E-state index >= 15 is 0 Å². The normalized spacial score (nSPS) is 15.5. The van der Waals surface area contributed by atoms with E-state index in [9.17, 15) is 13.2 Å².